The number of hydrogen-bond acceptors (Lipinski definition) is 3. The normalized spacial score (nSPS) is 24.3. The van der Waals surface area contributed by atoms with Crippen molar-refractivity contribution in [3.63, 3.8) is 0 Å². The molecule has 5 heteroatoms. The molecule has 2 aromatic rings. The average Bonchev–Trinajstić information content (AvgIpc) is 2.80. The zero-order valence-corrected chi connectivity index (χ0v) is 20.0. The van der Waals surface area contributed by atoms with Crippen LogP contribution in [-0.4, -0.2) is 48.6 Å². The second-order valence-electron chi connectivity index (χ2n) is 10.8. The van der Waals surface area contributed by atoms with Gasteiger partial charge in [0.25, 0.3) is 0 Å². The second-order valence-corrected chi connectivity index (χ2v) is 10.8. The molecule has 1 atom stereocenters. The molecule has 2 heterocycles. The van der Waals surface area contributed by atoms with Crippen molar-refractivity contribution in [2.75, 3.05) is 32.7 Å². The van der Waals surface area contributed by atoms with Gasteiger partial charge in [0.15, 0.2) is 11.6 Å². The summed E-state index contributed by atoms with van der Waals surface area (Å²) < 4.78 is 27.2. The van der Waals surface area contributed by atoms with Gasteiger partial charge in [-0.25, -0.2) is 8.78 Å². The highest BCUT2D eigenvalue weighted by Gasteiger charge is 2.49. The smallest absolute Gasteiger partial charge is 0.159 e. The number of benzene rings is 2. The zero-order chi connectivity index (χ0) is 23.0. The highest BCUT2D eigenvalue weighted by Crippen LogP contribution is 2.52. The lowest BCUT2D eigenvalue weighted by atomic mass is 9.60. The monoisotopic (exact) mass is 453 g/mol. The van der Waals surface area contributed by atoms with Gasteiger partial charge in [-0.2, -0.15) is 0 Å². The average molecular weight is 454 g/mol. The maximum atomic E-state index is 13.8. The molecule has 1 spiro atoms. The maximum Gasteiger partial charge on any atom is 0.159 e. The molecule has 3 aliphatic rings. The molecule has 1 aliphatic carbocycles. The van der Waals surface area contributed by atoms with Crippen LogP contribution in [-0.2, 0) is 6.54 Å². The highest BCUT2D eigenvalue weighted by atomic mass is 19.2. The van der Waals surface area contributed by atoms with E-state index in [2.05, 4.69) is 53.2 Å². The van der Waals surface area contributed by atoms with E-state index in [-0.39, 0.29) is 0 Å². The van der Waals surface area contributed by atoms with Crippen molar-refractivity contribution in [1.29, 1.82) is 0 Å². The van der Waals surface area contributed by atoms with E-state index in [1.165, 1.54) is 48.9 Å². The van der Waals surface area contributed by atoms with Crippen LogP contribution in [0.1, 0.15) is 68.2 Å². The Hall–Kier alpha value is -1.82. The van der Waals surface area contributed by atoms with Gasteiger partial charge in [-0.1, -0.05) is 44.2 Å². The Kier molecular flexibility index (Phi) is 6.56. The number of nitrogens with one attached hydrogen (secondary N) is 1. The third-order valence-electron chi connectivity index (χ3n) is 8.34. The Bertz CT molecular complexity index is 961. The molecule has 1 N–H and O–H groups in total. The molecule has 2 saturated heterocycles. The molecule has 0 aromatic heterocycles. The van der Waals surface area contributed by atoms with Gasteiger partial charge in [-0.05, 0) is 78.9 Å². The van der Waals surface area contributed by atoms with Crippen molar-refractivity contribution in [3.8, 4) is 0 Å². The van der Waals surface area contributed by atoms with Crippen LogP contribution in [0.5, 0.6) is 0 Å². The molecule has 3 nitrogen and oxygen atoms in total. The van der Waals surface area contributed by atoms with Gasteiger partial charge >= 0.3 is 0 Å². The lowest BCUT2D eigenvalue weighted by Crippen LogP contribution is -2.59. The van der Waals surface area contributed by atoms with E-state index >= 15 is 0 Å². The van der Waals surface area contributed by atoms with Gasteiger partial charge in [0.1, 0.15) is 0 Å². The highest BCUT2D eigenvalue weighted by molar-refractivity contribution is 5.33. The Balaban J connectivity index is 1.37. The fourth-order valence-corrected chi connectivity index (χ4v) is 6.49. The topological polar surface area (TPSA) is 18.5 Å². The number of rotatable bonds is 5. The van der Waals surface area contributed by atoms with E-state index in [1.807, 2.05) is 0 Å². The van der Waals surface area contributed by atoms with E-state index in [4.69, 9.17) is 0 Å². The first-order valence-electron chi connectivity index (χ1n) is 12.7. The standard InChI is InChI=1S/C28H37F2N3/c1-20(2)23-5-3-4-6-24(23)27-19-32(18-21-7-8-25(29)26(30)15-21)13-14-33(27)22-16-28(17-22)9-11-31-12-10-28/h3-8,15,20,22,27,31H,9-14,16-19H2,1-2H3/t27-/m1/s1. The minimum absolute atomic E-state index is 0.340. The van der Waals surface area contributed by atoms with Gasteiger partial charge < -0.3 is 5.32 Å². The molecule has 178 valence electrons. The van der Waals surface area contributed by atoms with Gasteiger partial charge in [0, 0.05) is 38.3 Å². The number of hydrogen-bond donors (Lipinski definition) is 1. The molecule has 33 heavy (non-hydrogen) atoms. The fraction of sp³-hybridized carbons (Fsp3) is 0.571. The Morgan fingerprint density at radius 3 is 2.48 bits per heavy atom. The quantitative estimate of drug-likeness (QED) is 0.647. The van der Waals surface area contributed by atoms with Crippen LogP contribution in [0.3, 0.4) is 0 Å². The van der Waals surface area contributed by atoms with Crippen LogP contribution in [0.2, 0.25) is 0 Å². The number of nitrogens with zero attached hydrogens (tertiary/aromatic N) is 2. The van der Waals surface area contributed by atoms with Gasteiger partial charge in [0.2, 0.25) is 0 Å². The minimum atomic E-state index is -0.774. The summed E-state index contributed by atoms with van der Waals surface area (Å²) in [5, 5.41) is 3.52. The predicted molar refractivity (Wildman–Crippen MR) is 129 cm³/mol. The molecule has 2 aromatic carbocycles. The maximum absolute atomic E-state index is 13.8. The van der Waals surface area contributed by atoms with E-state index in [0.717, 1.165) is 38.3 Å². The summed E-state index contributed by atoms with van der Waals surface area (Å²) in [7, 11) is 0. The molecule has 3 fully saturated rings. The Labute approximate surface area is 197 Å². The van der Waals surface area contributed by atoms with Crippen LogP contribution in [0.25, 0.3) is 0 Å². The third-order valence-corrected chi connectivity index (χ3v) is 8.34. The van der Waals surface area contributed by atoms with Crippen molar-refractivity contribution >= 4 is 0 Å². The summed E-state index contributed by atoms with van der Waals surface area (Å²) in [6.45, 7) is 10.4. The molecule has 5 rings (SSSR count). The molecule has 1 saturated carbocycles. The third kappa shape index (κ3) is 4.73. The number of halogens is 2. The Morgan fingerprint density at radius 2 is 1.76 bits per heavy atom. The van der Waals surface area contributed by atoms with Gasteiger partial charge in [0.05, 0.1) is 0 Å². The number of piperidine rings is 1. The van der Waals surface area contributed by atoms with Crippen molar-refractivity contribution in [1.82, 2.24) is 15.1 Å². The van der Waals surface area contributed by atoms with Gasteiger partial charge in [-0.15, -0.1) is 0 Å². The first-order chi connectivity index (χ1) is 15.9. The lowest BCUT2D eigenvalue weighted by molar-refractivity contribution is -0.0650. The SMILES string of the molecule is CC(C)c1ccccc1[C@H]1CN(Cc2ccc(F)c(F)c2)CCN1C1CC2(CCNCC2)C1. The second kappa shape index (κ2) is 9.44. The van der Waals surface area contributed by atoms with Crippen LogP contribution >= 0.6 is 0 Å². The van der Waals surface area contributed by atoms with Crippen LogP contribution in [0.15, 0.2) is 42.5 Å². The van der Waals surface area contributed by atoms with Crippen molar-refractivity contribution in [3.05, 3.63) is 70.8 Å². The molecule has 2 aliphatic heterocycles. The summed E-state index contributed by atoms with van der Waals surface area (Å²) in [5.74, 6) is -1.06. The summed E-state index contributed by atoms with van der Waals surface area (Å²) in [6, 6.07) is 14.2. The first kappa shape index (κ1) is 22.9. The molecule has 0 radical (unpaired) electrons. The first-order valence-corrected chi connectivity index (χ1v) is 12.7. The molecule has 0 unspecified atom stereocenters. The predicted octanol–water partition coefficient (Wildman–Crippen LogP) is 5.48. The molecule has 0 bridgehead atoms. The molecule has 0 amide bonds. The minimum Gasteiger partial charge on any atom is -0.317 e. The lowest BCUT2D eigenvalue weighted by Gasteiger charge is -2.57. The molecular formula is C28H37F2N3. The summed E-state index contributed by atoms with van der Waals surface area (Å²) in [4.78, 5) is 5.19. The van der Waals surface area contributed by atoms with Crippen molar-refractivity contribution in [2.24, 2.45) is 5.41 Å². The van der Waals surface area contributed by atoms with Crippen molar-refractivity contribution in [2.45, 2.75) is 64.1 Å². The largest absolute Gasteiger partial charge is 0.317 e. The van der Waals surface area contributed by atoms with E-state index in [1.54, 1.807) is 6.07 Å². The van der Waals surface area contributed by atoms with Gasteiger partial charge in [-0.3, -0.25) is 9.80 Å². The summed E-state index contributed by atoms with van der Waals surface area (Å²) in [5.41, 5.74) is 4.27. The van der Waals surface area contributed by atoms with Crippen molar-refractivity contribution < 1.29 is 8.78 Å². The fourth-order valence-electron chi connectivity index (χ4n) is 6.49. The summed E-state index contributed by atoms with van der Waals surface area (Å²) in [6.07, 6.45) is 5.26. The van der Waals surface area contributed by atoms with Crippen LogP contribution in [0.4, 0.5) is 8.78 Å². The Morgan fingerprint density at radius 1 is 1.00 bits per heavy atom. The van der Waals surface area contributed by atoms with E-state index < -0.39 is 11.6 Å². The van der Waals surface area contributed by atoms with E-state index in [9.17, 15) is 8.78 Å². The number of piperazine rings is 1. The van der Waals surface area contributed by atoms with E-state index in [0.29, 0.717) is 30.0 Å². The molecular weight excluding hydrogens is 416 g/mol. The van der Waals surface area contributed by atoms with Crippen LogP contribution < -0.4 is 5.32 Å². The van der Waals surface area contributed by atoms with Crippen LogP contribution in [0, 0.1) is 17.0 Å². The summed E-state index contributed by atoms with van der Waals surface area (Å²) >= 11 is 0. The zero-order valence-electron chi connectivity index (χ0n) is 20.0.